The Labute approximate surface area is 147 Å². The first-order valence-corrected chi connectivity index (χ1v) is 9.03. The number of aliphatic hydroxyl groups is 1. The van der Waals surface area contributed by atoms with Gasteiger partial charge >= 0.3 is 5.97 Å². The van der Waals surface area contributed by atoms with Crippen molar-refractivity contribution in [1.82, 2.24) is 0 Å². The van der Waals surface area contributed by atoms with Gasteiger partial charge in [-0.15, -0.1) is 0 Å². The molecular weight excluding hydrogens is 300 g/mol. The van der Waals surface area contributed by atoms with E-state index in [0.29, 0.717) is 6.42 Å². The molecule has 136 valence electrons. The fourth-order valence-electron chi connectivity index (χ4n) is 2.05. The minimum absolute atomic E-state index is 0.136. The molecule has 0 amide bonds. The summed E-state index contributed by atoms with van der Waals surface area (Å²) in [5.41, 5.74) is 0. The van der Waals surface area contributed by atoms with Gasteiger partial charge in [-0.2, -0.15) is 0 Å². The van der Waals surface area contributed by atoms with Crippen LogP contribution in [0.25, 0.3) is 0 Å². The highest BCUT2D eigenvalue weighted by Crippen LogP contribution is 2.02. The van der Waals surface area contributed by atoms with E-state index >= 15 is 0 Å². The molecule has 0 rings (SSSR count). The molecule has 0 saturated heterocycles. The Kier molecular flexibility index (Phi) is 16.5. The molecule has 1 atom stereocenters. The predicted molar refractivity (Wildman–Crippen MR) is 102 cm³/mol. The Hall–Kier alpha value is -1.61. The molecule has 3 heteroatoms. The van der Waals surface area contributed by atoms with Crippen LogP contribution in [0.1, 0.15) is 64.7 Å². The molecule has 0 fully saturated rings. The molecule has 0 radical (unpaired) electrons. The summed E-state index contributed by atoms with van der Waals surface area (Å²) in [6.07, 6.45) is 25.2. The number of esters is 1. The first-order valence-electron chi connectivity index (χ1n) is 9.03. The maximum Gasteiger partial charge on any atom is 0.305 e. The van der Waals surface area contributed by atoms with Gasteiger partial charge in [0.15, 0.2) is 0 Å². The van der Waals surface area contributed by atoms with Gasteiger partial charge in [-0.3, -0.25) is 4.79 Å². The summed E-state index contributed by atoms with van der Waals surface area (Å²) in [4.78, 5) is 10.9. The maximum atomic E-state index is 10.9. The lowest BCUT2D eigenvalue weighted by molar-refractivity contribution is -0.140. The molecule has 24 heavy (non-hydrogen) atoms. The number of carbonyl (C=O) groups is 1. The summed E-state index contributed by atoms with van der Waals surface area (Å²) in [5, 5.41) is 9.14. The molecular formula is C21H34O3. The Balaban J connectivity index is 3.45. The molecule has 1 N–H and O–H groups in total. The van der Waals surface area contributed by atoms with Crippen LogP contribution in [0.3, 0.4) is 0 Å². The highest BCUT2D eigenvalue weighted by molar-refractivity contribution is 5.69. The average molecular weight is 335 g/mol. The van der Waals surface area contributed by atoms with Gasteiger partial charge in [-0.25, -0.2) is 0 Å². The van der Waals surface area contributed by atoms with Crippen molar-refractivity contribution in [3.8, 4) is 0 Å². The van der Waals surface area contributed by atoms with Gasteiger partial charge in [0.05, 0.1) is 13.2 Å². The van der Waals surface area contributed by atoms with Crippen molar-refractivity contribution in [2.45, 2.75) is 70.8 Å². The molecule has 0 unspecified atom stereocenters. The van der Waals surface area contributed by atoms with Crippen LogP contribution in [0.15, 0.2) is 48.6 Å². The molecule has 0 aliphatic carbocycles. The van der Waals surface area contributed by atoms with Crippen molar-refractivity contribution in [1.29, 1.82) is 0 Å². The Bertz CT molecular complexity index is 403. The number of aliphatic hydroxyl groups excluding tert-OH is 1. The molecule has 0 aliphatic rings. The fourth-order valence-corrected chi connectivity index (χ4v) is 2.05. The van der Waals surface area contributed by atoms with Gasteiger partial charge in [-0.05, 0) is 58.3 Å². The Morgan fingerprint density at radius 3 is 2.29 bits per heavy atom. The van der Waals surface area contributed by atoms with Crippen molar-refractivity contribution in [3.63, 3.8) is 0 Å². The van der Waals surface area contributed by atoms with Gasteiger partial charge in [-0.1, -0.05) is 48.6 Å². The van der Waals surface area contributed by atoms with Crippen molar-refractivity contribution in [3.05, 3.63) is 48.6 Å². The van der Waals surface area contributed by atoms with Crippen LogP contribution in [0, 0.1) is 0 Å². The predicted octanol–water partition coefficient (Wildman–Crippen LogP) is 5.28. The van der Waals surface area contributed by atoms with Gasteiger partial charge in [0, 0.05) is 6.42 Å². The molecule has 0 aromatic carbocycles. The highest BCUT2D eigenvalue weighted by Gasteiger charge is 1.96. The second kappa shape index (κ2) is 17.7. The topological polar surface area (TPSA) is 46.5 Å². The minimum atomic E-state index is -0.178. The van der Waals surface area contributed by atoms with Crippen molar-refractivity contribution in [2.24, 2.45) is 0 Å². The standard InChI is InChI=1S/C21H34O3/c1-20(22)18-16-14-12-10-8-6-4-3-5-7-9-11-13-15-17-19-21(23)24-2/h3-5,7,10-13,20,22H,6,8-9,14-19H2,1-2H3/b4-3-,7-5-,12-10-,13-11-/t20-/m1/s1. The van der Waals surface area contributed by atoms with Crippen molar-refractivity contribution < 1.29 is 14.6 Å². The van der Waals surface area contributed by atoms with Crippen molar-refractivity contribution in [2.75, 3.05) is 7.11 Å². The average Bonchev–Trinajstić information content (AvgIpc) is 2.57. The van der Waals surface area contributed by atoms with Gasteiger partial charge in [0.25, 0.3) is 0 Å². The molecule has 0 bridgehead atoms. The normalized spacial score (nSPS) is 13.6. The number of carbonyl (C=O) groups excluding carboxylic acids is 1. The minimum Gasteiger partial charge on any atom is -0.469 e. The zero-order valence-electron chi connectivity index (χ0n) is 15.3. The number of ether oxygens (including phenoxy) is 1. The van der Waals surface area contributed by atoms with E-state index < -0.39 is 0 Å². The van der Waals surface area contributed by atoms with Crippen LogP contribution in [-0.4, -0.2) is 24.3 Å². The van der Waals surface area contributed by atoms with E-state index in [1.807, 2.05) is 6.92 Å². The third-order valence-corrected chi connectivity index (χ3v) is 3.46. The van der Waals surface area contributed by atoms with E-state index in [9.17, 15) is 4.79 Å². The van der Waals surface area contributed by atoms with Crippen LogP contribution in [0.4, 0.5) is 0 Å². The van der Waals surface area contributed by atoms with Gasteiger partial charge in [0.1, 0.15) is 0 Å². The van der Waals surface area contributed by atoms with Crippen molar-refractivity contribution >= 4 is 5.97 Å². The lowest BCUT2D eigenvalue weighted by atomic mass is 10.1. The van der Waals surface area contributed by atoms with Gasteiger partial charge < -0.3 is 9.84 Å². The number of methoxy groups -OCH3 is 1. The summed E-state index contributed by atoms with van der Waals surface area (Å²) in [6.45, 7) is 1.84. The number of hydrogen-bond acceptors (Lipinski definition) is 3. The zero-order chi connectivity index (χ0) is 17.9. The second-order valence-electron chi connectivity index (χ2n) is 5.86. The van der Waals surface area contributed by atoms with Crippen LogP contribution in [0.5, 0.6) is 0 Å². The maximum absolute atomic E-state index is 10.9. The van der Waals surface area contributed by atoms with E-state index in [0.717, 1.165) is 51.4 Å². The summed E-state index contributed by atoms with van der Waals surface area (Å²) in [5.74, 6) is -0.136. The van der Waals surface area contributed by atoms with E-state index in [1.165, 1.54) is 7.11 Å². The van der Waals surface area contributed by atoms with E-state index in [4.69, 9.17) is 5.11 Å². The lowest BCUT2D eigenvalue weighted by Crippen LogP contribution is -1.98. The highest BCUT2D eigenvalue weighted by atomic mass is 16.5. The summed E-state index contributed by atoms with van der Waals surface area (Å²) in [6, 6.07) is 0. The molecule has 0 spiro atoms. The smallest absolute Gasteiger partial charge is 0.305 e. The van der Waals surface area contributed by atoms with Crippen LogP contribution < -0.4 is 0 Å². The SMILES string of the molecule is COC(=O)CCC/C=C\C/C=C\C=C/CC/C=C\CCC[C@@H](C)O. The molecule has 0 aliphatic heterocycles. The number of hydrogen-bond donors (Lipinski definition) is 1. The fraction of sp³-hybridized carbons (Fsp3) is 0.571. The summed E-state index contributed by atoms with van der Waals surface area (Å²) >= 11 is 0. The molecule has 0 aromatic rings. The lowest BCUT2D eigenvalue weighted by Gasteiger charge is -1.99. The van der Waals surface area contributed by atoms with Crippen LogP contribution in [-0.2, 0) is 9.53 Å². The zero-order valence-corrected chi connectivity index (χ0v) is 15.3. The third kappa shape index (κ3) is 18.4. The first-order chi connectivity index (χ1) is 11.7. The third-order valence-electron chi connectivity index (χ3n) is 3.46. The summed E-state index contributed by atoms with van der Waals surface area (Å²) in [7, 11) is 1.42. The Morgan fingerprint density at radius 1 is 0.917 bits per heavy atom. The monoisotopic (exact) mass is 334 g/mol. The number of allylic oxidation sites excluding steroid dienone is 8. The number of unbranched alkanes of at least 4 members (excludes halogenated alkanes) is 3. The molecule has 0 saturated carbocycles. The summed E-state index contributed by atoms with van der Waals surface area (Å²) < 4.78 is 4.59. The van der Waals surface area contributed by atoms with Gasteiger partial charge in [0.2, 0.25) is 0 Å². The quantitative estimate of drug-likeness (QED) is 0.203. The molecule has 0 heterocycles. The largest absolute Gasteiger partial charge is 0.469 e. The number of rotatable bonds is 14. The van der Waals surface area contributed by atoms with Crippen LogP contribution >= 0.6 is 0 Å². The molecule has 0 aromatic heterocycles. The van der Waals surface area contributed by atoms with E-state index in [1.54, 1.807) is 0 Å². The Morgan fingerprint density at radius 2 is 1.54 bits per heavy atom. The van der Waals surface area contributed by atoms with E-state index in [2.05, 4.69) is 53.3 Å². The van der Waals surface area contributed by atoms with E-state index in [-0.39, 0.29) is 12.1 Å². The first kappa shape index (κ1) is 22.4. The van der Waals surface area contributed by atoms with Crippen LogP contribution in [0.2, 0.25) is 0 Å². The second-order valence-corrected chi connectivity index (χ2v) is 5.86. The molecule has 3 nitrogen and oxygen atoms in total.